The minimum atomic E-state index is -0.560. The summed E-state index contributed by atoms with van der Waals surface area (Å²) in [4.78, 5) is 11.1. The number of nitrogens with zero attached hydrogens (tertiary/aromatic N) is 2. The van der Waals surface area contributed by atoms with Crippen LogP contribution in [0.1, 0.15) is 29.4 Å². The van der Waals surface area contributed by atoms with Gasteiger partial charge in [-0.1, -0.05) is 36.5 Å². The Morgan fingerprint density at radius 2 is 2.16 bits per heavy atom. The maximum atomic E-state index is 13.4. The summed E-state index contributed by atoms with van der Waals surface area (Å²) in [6.07, 6.45) is 2.14. The maximum Gasteiger partial charge on any atom is 0.155 e. The molecule has 6 heteroatoms. The van der Waals surface area contributed by atoms with E-state index >= 15 is 0 Å². The Morgan fingerprint density at radius 1 is 1.42 bits per heavy atom. The Hall–Kier alpha value is -1.39. The molecule has 0 aliphatic heterocycles. The highest BCUT2D eigenvalue weighted by atomic mass is 35.5. The van der Waals surface area contributed by atoms with Crippen LogP contribution in [0.25, 0.3) is 5.69 Å². The lowest BCUT2D eigenvalue weighted by Crippen LogP contribution is -1.98. The maximum absolute atomic E-state index is 13.4. The molecule has 0 aliphatic rings. The fraction of sp³-hybridized carbons (Fsp3) is 0.231. The number of carbonyl (C=O) groups excluding carboxylic acids is 1. The van der Waals surface area contributed by atoms with Crippen LogP contribution in [0.5, 0.6) is 0 Å². The van der Waals surface area contributed by atoms with Crippen molar-refractivity contribution in [3.8, 4) is 5.69 Å². The van der Waals surface area contributed by atoms with Crippen LogP contribution >= 0.6 is 23.2 Å². The monoisotopic (exact) mass is 300 g/mol. The number of aldehydes is 1. The fourth-order valence-electron chi connectivity index (χ4n) is 1.78. The molecular formula is C13H11Cl2FN2O. The number of rotatable bonds is 4. The van der Waals surface area contributed by atoms with Gasteiger partial charge in [0.25, 0.3) is 0 Å². The molecule has 1 aromatic carbocycles. The summed E-state index contributed by atoms with van der Waals surface area (Å²) in [6, 6.07) is 4.24. The van der Waals surface area contributed by atoms with E-state index in [1.54, 1.807) is 6.07 Å². The largest absolute Gasteiger partial charge is 0.298 e. The van der Waals surface area contributed by atoms with Crippen molar-refractivity contribution in [2.75, 3.05) is 0 Å². The summed E-state index contributed by atoms with van der Waals surface area (Å²) in [7, 11) is 0. The fourth-order valence-corrected chi connectivity index (χ4v) is 2.18. The second-order valence-corrected chi connectivity index (χ2v) is 4.79. The molecule has 19 heavy (non-hydrogen) atoms. The van der Waals surface area contributed by atoms with E-state index < -0.39 is 5.82 Å². The topological polar surface area (TPSA) is 34.9 Å². The van der Waals surface area contributed by atoms with Crippen molar-refractivity contribution in [3.05, 3.63) is 45.4 Å². The molecule has 1 aromatic heterocycles. The van der Waals surface area contributed by atoms with Crippen molar-refractivity contribution in [2.45, 2.75) is 19.8 Å². The molecule has 0 amide bonds. The van der Waals surface area contributed by atoms with Crippen molar-refractivity contribution in [2.24, 2.45) is 0 Å². The van der Waals surface area contributed by atoms with E-state index in [-0.39, 0.29) is 10.2 Å². The van der Waals surface area contributed by atoms with Crippen LogP contribution in [0.2, 0.25) is 10.2 Å². The van der Waals surface area contributed by atoms with E-state index in [0.29, 0.717) is 29.7 Å². The zero-order valence-corrected chi connectivity index (χ0v) is 11.7. The van der Waals surface area contributed by atoms with Gasteiger partial charge in [0.15, 0.2) is 6.29 Å². The van der Waals surface area contributed by atoms with Gasteiger partial charge in [0.2, 0.25) is 0 Å². The Balaban J connectivity index is 2.55. The molecule has 0 radical (unpaired) electrons. The van der Waals surface area contributed by atoms with E-state index in [0.717, 1.165) is 6.42 Å². The van der Waals surface area contributed by atoms with E-state index in [9.17, 15) is 9.18 Å². The minimum Gasteiger partial charge on any atom is -0.298 e. The standard InChI is InChI=1S/C13H11Cl2FN2O/c1-2-3-12-9(7-19)13(15)18(17-12)8-4-5-10(14)11(16)6-8/h4-7H,2-3H2,1H3. The van der Waals surface area contributed by atoms with Crippen LogP contribution < -0.4 is 0 Å². The first kappa shape index (κ1) is 14.0. The van der Waals surface area contributed by atoms with Gasteiger partial charge in [0.05, 0.1) is 22.0 Å². The zero-order valence-electron chi connectivity index (χ0n) is 10.2. The third kappa shape index (κ3) is 2.65. The average molecular weight is 301 g/mol. The molecule has 0 saturated heterocycles. The van der Waals surface area contributed by atoms with Crippen molar-refractivity contribution in [3.63, 3.8) is 0 Å². The molecule has 3 nitrogen and oxygen atoms in total. The molecule has 0 saturated carbocycles. The quantitative estimate of drug-likeness (QED) is 0.797. The van der Waals surface area contributed by atoms with Crippen LogP contribution in [-0.4, -0.2) is 16.1 Å². The summed E-state index contributed by atoms with van der Waals surface area (Å²) >= 11 is 11.7. The lowest BCUT2D eigenvalue weighted by atomic mass is 10.2. The summed E-state index contributed by atoms with van der Waals surface area (Å²) in [5.41, 5.74) is 1.38. The van der Waals surface area contributed by atoms with Gasteiger partial charge < -0.3 is 0 Å². The van der Waals surface area contributed by atoms with Crippen LogP contribution in [0.4, 0.5) is 4.39 Å². The minimum absolute atomic E-state index is 0.0245. The first-order valence-corrected chi connectivity index (χ1v) is 6.52. The lowest BCUT2D eigenvalue weighted by molar-refractivity contribution is 0.112. The van der Waals surface area contributed by atoms with Gasteiger partial charge in [-0.15, -0.1) is 0 Å². The Bertz CT molecular complexity index is 625. The smallest absolute Gasteiger partial charge is 0.155 e. The summed E-state index contributed by atoms with van der Waals surface area (Å²) in [5, 5.41) is 4.46. The van der Waals surface area contributed by atoms with Gasteiger partial charge >= 0.3 is 0 Å². The Morgan fingerprint density at radius 3 is 2.74 bits per heavy atom. The predicted molar refractivity (Wildman–Crippen MR) is 72.9 cm³/mol. The van der Waals surface area contributed by atoms with Crippen LogP contribution in [0.15, 0.2) is 18.2 Å². The molecule has 100 valence electrons. The predicted octanol–water partition coefficient (Wildman–Crippen LogP) is 4.08. The summed E-state index contributed by atoms with van der Waals surface area (Å²) in [6.45, 7) is 1.98. The van der Waals surface area contributed by atoms with Crippen molar-refractivity contribution in [1.82, 2.24) is 9.78 Å². The van der Waals surface area contributed by atoms with E-state index in [4.69, 9.17) is 23.2 Å². The van der Waals surface area contributed by atoms with Gasteiger partial charge in [-0.25, -0.2) is 9.07 Å². The van der Waals surface area contributed by atoms with Gasteiger partial charge in [-0.3, -0.25) is 4.79 Å². The Labute approximate surface area is 119 Å². The molecule has 0 spiro atoms. The number of hydrogen-bond acceptors (Lipinski definition) is 2. The van der Waals surface area contributed by atoms with Crippen LogP contribution in [-0.2, 0) is 6.42 Å². The summed E-state index contributed by atoms with van der Waals surface area (Å²) < 4.78 is 14.8. The summed E-state index contributed by atoms with van der Waals surface area (Å²) in [5.74, 6) is -0.560. The molecule has 0 unspecified atom stereocenters. The zero-order chi connectivity index (χ0) is 14.0. The highest BCUT2D eigenvalue weighted by Crippen LogP contribution is 2.25. The molecule has 2 aromatic rings. The van der Waals surface area contributed by atoms with Gasteiger partial charge in [0, 0.05) is 6.07 Å². The van der Waals surface area contributed by atoms with Crippen molar-refractivity contribution in [1.29, 1.82) is 0 Å². The number of aromatic nitrogens is 2. The number of hydrogen-bond donors (Lipinski definition) is 0. The van der Waals surface area contributed by atoms with Crippen molar-refractivity contribution < 1.29 is 9.18 Å². The molecule has 1 heterocycles. The van der Waals surface area contributed by atoms with Gasteiger partial charge in [-0.05, 0) is 18.6 Å². The molecular weight excluding hydrogens is 290 g/mol. The second-order valence-electron chi connectivity index (χ2n) is 4.03. The number of aryl methyl sites for hydroxylation is 1. The molecule has 0 N–H and O–H groups in total. The SMILES string of the molecule is CCCc1nn(-c2ccc(Cl)c(F)c2)c(Cl)c1C=O. The molecule has 0 fully saturated rings. The lowest BCUT2D eigenvalue weighted by Gasteiger charge is -2.03. The van der Waals surface area contributed by atoms with E-state index in [2.05, 4.69) is 5.10 Å². The molecule has 2 rings (SSSR count). The third-order valence-corrected chi connectivity index (χ3v) is 3.36. The normalized spacial score (nSPS) is 10.7. The third-order valence-electron chi connectivity index (χ3n) is 2.69. The van der Waals surface area contributed by atoms with Gasteiger partial charge in [-0.2, -0.15) is 5.10 Å². The first-order valence-electron chi connectivity index (χ1n) is 5.76. The van der Waals surface area contributed by atoms with E-state index in [1.165, 1.54) is 16.8 Å². The van der Waals surface area contributed by atoms with Gasteiger partial charge in [0.1, 0.15) is 11.0 Å². The molecule has 0 aliphatic carbocycles. The van der Waals surface area contributed by atoms with Crippen molar-refractivity contribution >= 4 is 29.5 Å². The first-order chi connectivity index (χ1) is 9.08. The highest BCUT2D eigenvalue weighted by molar-refractivity contribution is 6.32. The van der Waals surface area contributed by atoms with E-state index in [1.807, 2.05) is 6.92 Å². The molecule has 0 bridgehead atoms. The van der Waals surface area contributed by atoms with Crippen LogP contribution in [0.3, 0.4) is 0 Å². The highest BCUT2D eigenvalue weighted by Gasteiger charge is 2.16. The number of benzene rings is 1. The Kier molecular flexibility index (Phi) is 4.22. The second kappa shape index (κ2) is 5.72. The van der Waals surface area contributed by atoms with Crippen LogP contribution in [0, 0.1) is 5.82 Å². The molecule has 0 atom stereocenters. The average Bonchev–Trinajstić information content (AvgIpc) is 2.70. The number of halogens is 3. The number of carbonyl (C=O) groups is 1.